The van der Waals surface area contributed by atoms with Crippen molar-refractivity contribution < 1.29 is 14.2 Å². The first-order valence-electron chi connectivity index (χ1n) is 9.45. The molecule has 3 nitrogen and oxygen atoms in total. The summed E-state index contributed by atoms with van der Waals surface area (Å²) in [4.78, 5) is 0. The van der Waals surface area contributed by atoms with Crippen LogP contribution in [0.2, 0.25) is 0 Å². The summed E-state index contributed by atoms with van der Waals surface area (Å²) in [7, 11) is -1.17. The van der Waals surface area contributed by atoms with Gasteiger partial charge in [-0.3, -0.25) is 0 Å². The number of rotatable bonds is 6. The van der Waals surface area contributed by atoms with Gasteiger partial charge in [0.25, 0.3) is 8.38 Å². The molecular weight excluding hydrogens is 343 g/mol. The maximum atomic E-state index is 10.7. The molecular formula is C22H27O3P. The quantitative estimate of drug-likeness (QED) is 0.683. The van der Waals surface area contributed by atoms with Gasteiger partial charge in [-0.05, 0) is 60.3 Å². The molecule has 3 saturated carbocycles. The number of hydrogen-bond donors (Lipinski definition) is 1. The molecule has 4 atom stereocenters. The number of fused-ring (bicyclic) bond motifs is 2. The van der Waals surface area contributed by atoms with Crippen LogP contribution < -0.4 is 9.05 Å². The maximum absolute atomic E-state index is 10.7. The maximum Gasteiger partial charge on any atom is 0.290 e. The molecule has 0 aliphatic heterocycles. The zero-order valence-electron chi connectivity index (χ0n) is 15.4. The molecule has 0 aromatic heterocycles. The Morgan fingerprint density at radius 2 is 1.46 bits per heavy atom. The van der Waals surface area contributed by atoms with E-state index in [1.807, 2.05) is 60.7 Å². The van der Waals surface area contributed by atoms with E-state index in [-0.39, 0.29) is 12.0 Å². The highest BCUT2D eigenvalue weighted by Crippen LogP contribution is 2.63. The van der Waals surface area contributed by atoms with Gasteiger partial charge in [-0.1, -0.05) is 50.2 Å². The van der Waals surface area contributed by atoms with Crippen LogP contribution in [0.25, 0.3) is 0 Å². The smallest absolute Gasteiger partial charge is 0.290 e. The zero-order chi connectivity index (χ0) is 18.1. The van der Waals surface area contributed by atoms with Gasteiger partial charge >= 0.3 is 0 Å². The third-order valence-electron chi connectivity index (χ3n) is 6.34. The Bertz CT molecular complexity index is 677. The Morgan fingerprint density at radius 1 is 0.923 bits per heavy atom. The lowest BCUT2D eigenvalue weighted by Crippen LogP contribution is -2.58. The molecule has 0 radical (unpaired) electrons. The van der Waals surface area contributed by atoms with E-state index < -0.39 is 8.38 Å². The van der Waals surface area contributed by atoms with Crippen LogP contribution in [0.5, 0.6) is 11.5 Å². The second-order valence-corrected chi connectivity index (χ2v) is 9.55. The predicted octanol–water partition coefficient (Wildman–Crippen LogP) is 5.50. The minimum absolute atomic E-state index is 0.240. The van der Waals surface area contributed by atoms with Crippen LogP contribution in [0.15, 0.2) is 60.7 Å². The molecule has 2 bridgehead atoms. The van der Waals surface area contributed by atoms with Gasteiger partial charge in [0.2, 0.25) is 0 Å². The summed E-state index contributed by atoms with van der Waals surface area (Å²) < 4.78 is 12.5. The SMILES string of the molecule is CC1(C)C2CC1[C@H](CP(Oc1ccccc1)Oc1ccccc1)[C@H](O)C2. The Labute approximate surface area is 157 Å². The van der Waals surface area contributed by atoms with E-state index in [0.717, 1.165) is 24.1 Å². The summed E-state index contributed by atoms with van der Waals surface area (Å²) in [6.45, 7) is 4.70. The van der Waals surface area contributed by atoms with Crippen LogP contribution in [0.4, 0.5) is 0 Å². The molecule has 2 aromatic carbocycles. The number of aliphatic hydroxyl groups excluding tert-OH is 1. The average molecular weight is 370 g/mol. The Hall–Kier alpha value is -1.57. The molecule has 138 valence electrons. The highest BCUT2D eigenvalue weighted by Gasteiger charge is 2.58. The minimum atomic E-state index is -1.17. The van der Waals surface area contributed by atoms with Crippen molar-refractivity contribution >= 4 is 8.38 Å². The zero-order valence-corrected chi connectivity index (χ0v) is 16.3. The second kappa shape index (κ2) is 7.21. The van der Waals surface area contributed by atoms with Crippen LogP contribution in [0.1, 0.15) is 26.7 Å². The molecule has 4 heteroatoms. The van der Waals surface area contributed by atoms with Gasteiger partial charge in [0.05, 0.1) is 6.10 Å². The number of aliphatic hydroxyl groups is 1. The first-order valence-corrected chi connectivity index (χ1v) is 10.8. The molecule has 2 aromatic rings. The van der Waals surface area contributed by atoms with Gasteiger partial charge in [0, 0.05) is 6.16 Å². The Morgan fingerprint density at radius 3 is 1.96 bits per heavy atom. The molecule has 0 heterocycles. The van der Waals surface area contributed by atoms with Crippen LogP contribution in [-0.4, -0.2) is 17.4 Å². The average Bonchev–Trinajstić information content (AvgIpc) is 2.64. The van der Waals surface area contributed by atoms with Gasteiger partial charge < -0.3 is 14.2 Å². The molecule has 0 spiro atoms. The highest BCUT2D eigenvalue weighted by molar-refractivity contribution is 7.48. The summed E-state index contributed by atoms with van der Waals surface area (Å²) in [5, 5.41) is 10.7. The highest BCUT2D eigenvalue weighted by atomic mass is 31.2. The largest absolute Gasteiger partial charge is 0.439 e. The van der Waals surface area contributed by atoms with E-state index in [2.05, 4.69) is 13.8 Å². The number of para-hydroxylation sites is 2. The van der Waals surface area contributed by atoms with E-state index in [1.54, 1.807) is 0 Å². The van der Waals surface area contributed by atoms with Crippen molar-refractivity contribution in [3.8, 4) is 11.5 Å². The third kappa shape index (κ3) is 3.48. The predicted molar refractivity (Wildman–Crippen MR) is 105 cm³/mol. The number of benzene rings is 2. The lowest BCUT2D eigenvalue weighted by atomic mass is 9.45. The first-order chi connectivity index (χ1) is 12.5. The summed E-state index contributed by atoms with van der Waals surface area (Å²) in [5.41, 5.74) is 0.324. The van der Waals surface area contributed by atoms with E-state index in [0.29, 0.717) is 17.3 Å². The minimum Gasteiger partial charge on any atom is -0.439 e. The van der Waals surface area contributed by atoms with Crippen molar-refractivity contribution in [2.45, 2.75) is 32.8 Å². The van der Waals surface area contributed by atoms with E-state index >= 15 is 0 Å². The fourth-order valence-corrected chi connectivity index (χ4v) is 6.37. The molecule has 0 amide bonds. The van der Waals surface area contributed by atoms with Gasteiger partial charge in [-0.2, -0.15) is 0 Å². The summed E-state index contributed by atoms with van der Waals surface area (Å²) >= 11 is 0. The Balaban J connectivity index is 1.52. The lowest BCUT2D eigenvalue weighted by molar-refractivity contribution is -0.153. The van der Waals surface area contributed by atoms with E-state index in [4.69, 9.17) is 9.05 Å². The fourth-order valence-electron chi connectivity index (χ4n) is 4.63. The monoisotopic (exact) mass is 370 g/mol. The van der Waals surface area contributed by atoms with Crippen LogP contribution >= 0.6 is 8.38 Å². The molecule has 5 rings (SSSR count). The standard InChI is InChI=1S/C22H27O3P/c1-22(2)16-13-20(22)19(21(23)14-16)15-26(24-17-9-5-3-6-10-17)25-18-11-7-4-8-12-18/h3-12,16,19-21,23H,13-15H2,1-2H3/t16?,19-,20?,21+/m0/s1. The van der Waals surface area contributed by atoms with Crippen LogP contribution in [0, 0.1) is 23.2 Å². The fraction of sp³-hybridized carbons (Fsp3) is 0.455. The second-order valence-electron chi connectivity index (χ2n) is 8.15. The van der Waals surface area contributed by atoms with Gasteiger partial charge in [-0.25, -0.2) is 0 Å². The Kier molecular flexibility index (Phi) is 4.94. The van der Waals surface area contributed by atoms with Crippen molar-refractivity contribution in [3.05, 3.63) is 60.7 Å². The molecule has 26 heavy (non-hydrogen) atoms. The topological polar surface area (TPSA) is 38.7 Å². The summed E-state index contributed by atoms with van der Waals surface area (Å²) in [6.07, 6.45) is 2.67. The molecule has 3 aliphatic carbocycles. The summed E-state index contributed by atoms with van der Waals surface area (Å²) in [5.74, 6) is 3.11. The van der Waals surface area contributed by atoms with Crippen molar-refractivity contribution in [2.24, 2.45) is 23.2 Å². The summed E-state index contributed by atoms with van der Waals surface area (Å²) in [6, 6.07) is 19.7. The van der Waals surface area contributed by atoms with Gasteiger partial charge in [-0.15, -0.1) is 0 Å². The van der Waals surface area contributed by atoms with Crippen LogP contribution in [0.3, 0.4) is 0 Å². The first kappa shape index (κ1) is 17.8. The molecule has 3 aliphatic rings. The van der Waals surface area contributed by atoms with Gasteiger partial charge in [0.1, 0.15) is 11.5 Å². The molecule has 1 N–H and O–H groups in total. The van der Waals surface area contributed by atoms with Crippen LogP contribution in [-0.2, 0) is 0 Å². The van der Waals surface area contributed by atoms with Crippen molar-refractivity contribution in [3.63, 3.8) is 0 Å². The normalized spacial score (nSPS) is 29.1. The molecule has 3 fully saturated rings. The molecule has 2 unspecified atom stereocenters. The van der Waals surface area contributed by atoms with E-state index in [9.17, 15) is 5.11 Å². The third-order valence-corrected chi connectivity index (χ3v) is 7.89. The number of hydrogen-bond acceptors (Lipinski definition) is 3. The van der Waals surface area contributed by atoms with E-state index in [1.165, 1.54) is 6.42 Å². The van der Waals surface area contributed by atoms with Crippen molar-refractivity contribution in [1.82, 2.24) is 0 Å². The van der Waals surface area contributed by atoms with Crippen molar-refractivity contribution in [2.75, 3.05) is 6.16 Å². The van der Waals surface area contributed by atoms with Gasteiger partial charge in [0.15, 0.2) is 0 Å². The van der Waals surface area contributed by atoms with Crippen molar-refractivity contribution in [1.29, 1.82) is 0 Å². The lowest BCUT2D eigenvalue weighted by Gasteiger charge is -2.61. The molecule has 0 saturated heterocycles.